The van der Waals surface area contributed by atoms with Gasteiger partial charge < -0.3 is 4.74 Å². The zero-order valence-corrected chi connectivity index (χ0v) is 12.3. The van der Waals surface area contributed by atoms with Gasteiger partial charge in [0, 0.05) is 18.4 Å². The predicted octanol–water partition coefficient (Wildman–Crippen LogP) is 2.73. The Morgan fingerprint density at radius 3 is 2.58 bits per heavy atom. The van der Waals surface area contributed by atoms with Crippen LogP contribution in [0.15, 0.2) is 18.5 Å². The van der Waals surface area contributed by atoms with Crippen LogP contribution in [0.4, 0.5) is 0 Å². The van der Waals surface area contributed by atoms with Gasteiger partial charge in [0.2, 0.25) is 0 Å². The van der Waals surface area contributed by atoms with Gasteiger partial charge in [0.15, 0.2) is 0 Å². The molecule has 4 nitrogen and oxygen atoms in total. The van der Waals surface area contributed by atoms with Crippen molar-refractivity contribution >= 4 is 5.97 Å². The Kier molecular flexibility index (Phi) is 6.50. The van der Waals surface area contributed by atoms with E-state index in [-0.39, 0.29) is 12.0 Å². The highest BCUT2D eigenvalue weighted by Gasteiger charge is 2.23. The average Bonchev–Trinajstić information content (AvgIpc) is 2.40. The molecule has 0 spiro atoms. The molecule has 0 fully saturated rings. The predicted molar refractivity (Wildman–Crippen MR) is 75.9 cm³/mol. The minimum Gasteiger partial charge on any atom is -0.466 e. The molecular weight excluding hydrogens is 240 g/mol. The number of hydrogen-bond donors (Lipinski definition) is 0. The molecule has 0 amide bonds. The lowest BCUT2D eigenvalue weighted by Gasteiger charge is -2.30. The van der Waals surface area contributed by atoms with Crippen LogP contribution >= 0.6 is 0 Å². The van der Waals surface area contributed by atoms with Crippen molar-refractivity contribution in [3.63, 3.8) is 0 Å². The number of nitrogens with zero attached hydrogens (tertiary/aromatic N) is 2. The van der Waals surface area contributed by atoms with Gasteiger partial charge in [0.25, 0.3) is 0 Å². The summed E-state index contributed by atoms with van der Waals surface area (Å²) in [6.07, 6.45) is 4.02. The van der Waals surface area contributed by atoms with Crippen molar-refractivity contribution in [2.45, 2.75) is 40.2 Å². The fourth-order valence-electron chi connectivity index (χ4n) is 2.30. The van der Waals surface area contributed by atoms with Crippen LogP contribution in [-0.4, -0.2) is 35.5 Å². The number of esters is 1. The second-order valence-corrected chi connectivity index (χ2v) is 4.48. The highest BCUT2D eigenvalue weighted by atomic mass is 16.5. The Balaban J connectivity index is 2.98. The maximum Gasteiger partial charge on any atom is 0.307 e. The number of carbonyl (C=O) groups excluding carboxylic acids is 1. The number of rotatable bonds is 7. The lowest BCUT2D eigenvalue weighted by atomic mass is 9.99. The molecule has 106 valence electrons. The SMILES string of the molecule is CCOC(=O)CC(c1cnccc1C)N(CC)CC. The lowest BCUT2D eigenvalue weighted by molar-refractivity contribution is -0.144. The Morgan fingerprint density at radius 2 is 2.05 bits per heavy atom. The largest absolute Gasteiger partial charge is 0.466 e. The summed E-state index contributed by atoms with van der Waals surface area (Å²) in [5.41, 5.74) is 2.27. The van der Waals surface area contributed by atoms with Crippen molar-refractivity contribution in [2.75, 3.05) is 19.7 Å². The zero-order valence-electron chi connectivity index (χ0n) is 12.3. The maximum absolute atomic E-state index is 11.8. The van der Waals surface area contributed by atoms with Crippen LogP contribution in [0.25, 0.3) is 0 Å². The Bertz CT molecular complexity index is 403. The Morgan fingerprint density at radius 1 is 1.37 bits per heavy atom. The van der Waals surface area contributed by atoms with Crippen LogP contribution in [0, 0.1) is 6.92 Å². The van der Waals surface area contributed by atoms with E-state index < -0.39 is 0 Å². The molecule has 0 aliphatic carbocycles. The summed E-state index contributed by atoms with van der Waals surface area (Å²) in [5, 5.41) is 0. The molecule has 0 aliphatic rings. The number of carbonyl (C=O) groups is 1. The molecule has 1 aromatic rings. The molecule has 19 heavy (non-hydrogen) atoms. The molecule has 4 heteroatoms. The minimum absolute atomic E-state index is 0.0442. The van der Waals surface area contributed by atoms with E-state index >= 15 is 0 Å². The first-order valence-corrected chi connectivity index (χ1v) is 6.94. The molecule has 0 aliphatic heterocycles. The Labute approximate surface area is 115 Å². The van der Waals surface area contributed by atoms with Gasteiger partial charge in [0.1, 0.15) is 0 Å². The molecular formula is C15H24N2O2. The molecule has 1 atom stereocenters. The fourth-order valence-corrected chi connectivity index (χ4v) is 2.30. The molecule has 1 heterocycles. The van der Waals surface area contributed by atoms with Crippen molar-refractivity contribution in [3.05, 3.63) is 29.6 Å². The van der Waals surface area contributed by atoms with Gasteiger partial charge in [-0.3, -0.25) is 14.7 Å². The van der Waals surface area contributed by atoms with E-state index in [1.54, 1.807) is 6.20 Å². The van der Waals surface area contributed by atoms with Crippen molar-refractivity contribution < 1.29 is 9.53 Å². The van der Waals surface area contributed by atoms with E-state index in [0.717, 1.165) is 24.2 Å². The van der Waals surface area contributed by atoms with Gasteiger partial charge in [-0.15, -0.1) is 0 Å². The number of aromatic nitrogens is 1. The number of pyridine rings is 1. The van der Waals surface area contributed by atoms with Gasteiger partial charge in [-0.1, -0.05) is 13.8 Å². The second kappa shape index (κ2) is 7.89. The molecule has 1 unspecified atom stereocenters. The zero-order chi connectivity index (χ0) is 14.3. The number of ether oxygens (including phenoxy) is 1. The van der Waals surface area contributed by atoms with Crippen molar-refractivity contribution in [1.82, 2.24) is 9.88 Å². The molecule has 1 aromatic heterocycles. The normalized spacial score (nSPS) is 12.5. The van der Waals surface area contributed by atoms with Gasteiger partial charge >= 0.3 is 5.97 Å². The van der Waals surface area contributed by atoms with Crippen molar-refractivity contribution in [1.29, 1.82) is 0 Å². The first-order valence-electron chi connectivity index (χ1n) is 6.94. The standard InChI is InChI=1S/C15H24N2O2/c1-5-17(6-2)14(10-15(18)19-7-3)13-11-16-9-8-12(13)4/h8-9,11,14H,5-7,10H2,1-4H3. The van der Waals surface area contributed by atoms with Crippen LogP contribution in [-0.2, 0) is 9.53 Å². The summed E-state index contributed by atoms with van der Waals surface area (Å²) in [4.78, 5) is 18.3. The Hall–Kier alpha value is -1.42. The van der Waals surface area contributed by atoms with E-state index in [4.69, 9.17) is 4.74 Å². The molecule has 1 rings (SSSR count). The quantitative estimate of drug-likeness (QED) is 0.710. The summed E-state index contributed by atoms with van der Waals surface area (Å²) < 4.78 is 5.09. The third-order valence-electron chi connectivity index (χ3n) is 3.36. The minimum atomic E-state index is -0.150. The summed E-state index contributed by atoms with van der Waals surface area (Å²) in [6, 6.07) is 2.03. The third-order valence-corrected chi connectivity index (χ3v) is 3.36. The fraction of sp³-hybridized carbons (Fsp3) is 0.600. The summed E-state index contributed by atoms with van der Waals surface area (Å²) in [6.45, 7) is 10.3. The molecule has 0 aromatic carbocycles. The smallest absolute Gasteiger partial charge is 0.307 e. The summed E-state index contributed by atoms with van der Waals surface area (Å²) in [7, 11) is 0. The van der Waals surface area contributed by atoms with Crippen molar-refractivity contribution in [2.24, 2.45) is 0 Å². The van der Waals surface area contributed by atoms with Crippen LogP contribution < -0.4 is 0 Å². The van der Waals surface area contributed by atoms with Gasteiger partial charge in [-0.05, 0) is 44.1 Å². The molecule has 0 N–H and O–H groups in total. The maximum atomic E-state index is 11.8. The molecule has 0 saturated carbocycles. The van der Waals surface area contributed by atoms with Crippen LogP contribution in [0.2, 0.25) is 0 Å². The van der Waals surface area contributed by atoms with Gasteiger partial charge in [-0.25, -0.2) is 0 Å². The lowest BCUT2D eigenvalue weighted by Crippen LogP contribution is -2.31. The number of hydrogen-bond acceptors (Lipinski definition) is 4. The summed E-state index contributed by atoms with van der Waals surface area (Å²) in [5.74, 6) is -0.150. The van der Waals surface area contributed by atoms with E-state index in [0.29, 0.717) is 13.0 Å². The average molecular weight is 264 g/mol. The van der Waals surface area contributed by atoms with E-state index in [9.17, 15) is 4.79 Å². The van der Waals surface area contributed by atoms with Crippen molar-refractivity contribution in [3.8, 4) is 0 Å². The third kappa shape index (κ3) is 4.31. The van der Waals surface area contributed by atoms with E-state index in [2.05, 4.69) is 30.7 Å². The van der Waals surface area contributed by atoms with Gasteiger partial charge in [-0.2, -0.15) is 0 Å². The van der Waals surface area contributed by atoms with Crippen LogP contribution in [0.1, 0.15) is 44.4 Å². The van der Waals surface area contributed by atoms with Gasteiger partial charge in [0.05, 0.1) is 13.0 Å². The highest BCUT2D eigenvalue weighted by molar-refractivity contribution is 5.70. The van der Waals surface area contributed by atoms with E-state index in [1.165, 1.54) is 0 Å². The molecule has 0 radical (unpaired) electrons. The molecule has 0 saturated heterocycles. The number of aryl methyl sites for hydroxylation is 1. The van der Waals surface area contributed by atoms with E-state index in [1.807, 2.05) is 19.2 Å². The second-order valence-electron chi connectivity index (χ2n) is 4.48. The monoisotopic (exact) mass is 264 g/mol. The first-order chi connectivity index (χ1) is 9.13. The summed E-state index contributed by atoms with van der Waals surface area (Å²) >= 11 is 0. The first kappa shape index (κ1) is 15.6. The highest BCUT2D eigenvalue weighted by Crippen LogP contribution is 2.26. The topological polar surface area (TPSA) is 42.4 Å². The molecule has 0 bridgehead atoms. The van der Waals surface area contributed by atoms with Crippen LogP contribution in [0.3, 0.4) is 0 Å². The van der Waals surface area contributed by atoms with Crippen LogP contribution in [0.5, 0.6) is 0 Å².